The van der Waals surface area contributed by atoms with E-state index in [9.17, 15) is 0 Å². The summed E-state index contributed by atoms with van der Waals surface area (Å²) in [5.74, 6) is 0.919. The normalized spacial score (nSPS) is 23.3. The molecule has 1 saturated heterocycles. The topological polar surface area (TPSA) is 15.3 Å². The van der Waals surface area contributed by atoms with Crippen LogP contribution in [-0.2, 0) is 0 Å². The van der Waals surface area contributed by atoms with Gasteiger partial charge in [0.2, 0.25) is 0 Å². The Kier molecular flexibility index (Phi) is 3.64. The average Bonchev–Trinajstić information content (AvgIpc) is 3.32. The van der Waals surface area contributed by atoms with Crippen molar-refractivity contribution in [1.82, 2.24) is 5.32 Å². The maximum Gasteiger partial charge on any atom is 0.0373 e. The van der Waals surface area contributed by atoms with Gasteiger partial charge in [0, 0.05) is 29.3 Å². The molecule has 1 unspecified atom stereocenters. The van der Waals surface area contributed by atoms with Gasteiger partial charge < -0.3 is 10.2 Å². The molecule has 110 valence electrons. The van der Waals surface area contributed by atoms with Crippen LogP contribution < -0.4 is 10.2 Å². The first kappa shape index (κ1) is 13.6. The van der Waals surface area contributed by atoms with Gasteiger partial charge in [0.05, 0.1) is 0 Å². The zero-order valence-corrected chi connectivity index (χ0v) is 13.8. The van der Waals surface area contributed by atoms with Gasteiger partial charge in [-0.05, 0) is 66.8 Å². The van der Waals surface area contributed by atoms with Crippen molar-refractivity contribution in [2.75, 3.05) is 24.5 Å². The molecule has 0 radical (unpaired) electrons. The third-order valence-corrected chi connectivity index (χ3v) is 5.26. The first-order chi connectivity index (χ1) is 10.3. The van der Waals surface area contributed by atoms with Crippen molar-refractivity contribution in [2.45, 2.75) is 25.3 Å². The number of hydrogen-bond donors (Lipinski definition) is 1. The molecule has 4 rings (SSSR count). The Hall–Kier alpha value is -1.06. The highest BCUT2D eigenvalue weighted by Gasteiger charge is 2.33. The molecule has 2 fully saturated rings. The molecule has 0 aromatic heterocycles. The molecule has 2 nitrogen and oxygen atoms in total. The molecular weight excluding hydrogens is 324 g/mol. The third-order valence-electron chi connectivity index (χ3n) is 4.77. The molecule has 2 aliphatic rings. The molecule has 2 aromatic rings. The monoisotopic (exact) mass is 344 g/mol. The Bertz CT molecular complexity index is 651. The zero-order valence-electron chi connectivity index (χ0n) is 12.2. The van der Waals surface area contributed by atoms with Gasteiger partial charge >= 0.3 is 0 Å². The van der Waals surface area contributed by atoms with Crippen molar-refractivity contribution in [3.63, 3.8) is 0 Å². The summed E-state index contributed by atoms with van der Waals surface area (Å²) in [5, 5.41) is 6.37. The molecule has 1 N–H and O–H groups in total. The highest BCUT2D eigenvalue weighted by atomic mass is 79.9. The Labute approximate surface area is 134 Å². The van der Waals surface area contributed by atoms with Crippen molar-refractivity contribution < 1.29 is 0 Å². The fourth-order valence-electron chi connectivity index (χ4n) is 3.40. The molecule has 1 heterocycles. The van der Waals surface area contributed by atoms with E-state index in [1.807, 2.05) is 0 Å². The van der Waals surface area contributed by atoms with E-state index < -0.39 is 0 Å². The minimum Gasteiger partial charge on any atom is -0.370 e. The summed E-state index contributed by atoms with van der Waals surface area (Å²) in [4.78, 5) is 2.57. The van der Waals surface area contributed by atoms with Crippen LogP contribution in [0.3, 0.4) is 0 Å². The molecule has 3 heteroatoms. The van der Waals surface area contributed by atoms with Gasteiger partial charge in [0.1, 0.15) is 0 Å². The van der Waals surface area contributed by atoms with Crippen LogP contribution in [0.1, 0.15) is 19.3 Å². The van der Waals surface area contributed by atoms with Crippen molar-refractivity contribution in [3.8, 4) is 0 Å². The van der Waals surface area contributed by atoms with Crippen LogP contribution in [0.5, 0.6) is 0 Å². The second kappa shape index (κ2) is 5.62. The number of fused-ring (bicyclic) bond motifs is 1. The van der Waals surface area contributed by atoms with E-state index in [2.05, 4.69) is 62.5 Å². The third kappa shape index (κ3) is 2.95. The summed E-state index contributed by atoms with van der Waals surface area (Å²) in [7, 11) is 0. The summed E-state index contributed by atoms with van der Waals surface area (Å²) in [6.45, 7) is 3.49. The van der Waals surface area contributed by atoms with E-state index in [-0.39, 0.29) is 0 Å². The minimum atomic E-state index is 0.688. The summed E-state index contributed by atoms with van der Waals surface area (Å²) in [6, 6.07) is 14.1. The van der Waals surface area contributed by atoms with Gasteiger partial charge in [-0.25, -0.2) is 0 Å². The molecule has 0 amide bonds. The summed E-state index contributed by atoms with van der Waals surface area (Å²) >= 11 is 3.55. The number of rotatable bonds is 2. The molecule has 1 atom stereocenters. The predicted octanol–water partition coefficient (Wildman–Crippen LogP) is 4.18. The lowest BCUT2D eigenvalue weighted by molar-refractivity contribution is 0.490. The van der Waals surface area contributed by atoms with Crippen LogP contribution in [0.2, 0.25) is 0 Å². The maximum atomic E-state index is 3.74. The van der Waals surface area contributed by atoms with Crippen LogP contribution >= 0.6 is 15.9 Å². The minimum absolute atomic E-state index is 0.688. The Morgan fingerprint density at radius 3 is 2.71 bits per heavy atom. The number of anilines is 1. The molecule has 0 spiro atoms. The van der Waals surface area contributed by atoms with Crippen LogP contribution in [0, 0.1) is 5.92 Å². The number of nitrogens with zero attached hydrogens (tertiary/aromatic N) is 1. The number of benzene rings is 2. The van der Waals surface area contributed by atoms with Gasteiger partial charge in [0.15, 0.2) is 0 Å². The van der Waals surface area contributed by atoms with Crippen LogP contribution in [-0.4, -0.2) is 25.7 Å². The van der Waals surface area contributed by atoms with Crippen LogP contribution in [0.15, 0.2) is 40.9 Å². The highest BCUT2D eigenvalue weighted by Crippen LogP contribution is 2.34. The van der Waals surface area contributed by atoms with Crippen molar-refractivity contribution >= 4 is 32.4 Å². The smallest absolute Gasteiger partial charge is 0.0373 e. The zero-order chi connectivity index (χ0) is 14.2. The van der Waals surface area contributed by atoms with Crippen molar-refractivity contribution in [3.05, 3.63) is 40.9 Å². The molecule has 2 aromatic carbocycles. The van der Waals surface area contributed by atoms with E-state index in [0.717, 1.165) is 30.0 Å². The average molecular weight is 345 g/mol. The predicted molar refractivity (Wildman–Crippen MR) is 93.0 cm³/mol. The van der Waals surface area contributed by atoms with Crippen molar-refractivity contribution in [2.24, 2.45) is 5.92 Å². The Balaban J connectivity index is 1.62. The molecule has 1 aliphatic heterocycles. The van der Waals surface area contributed by atoms with E-state index in [0.29, 0.717) is 6.04 Å². The number of halogens is 1. The first-order valence-corrected chi connectivity index (χ1v) is 8.76. The standard InChI is InChI=1S/C18H21BrN2/c19-16-6-4-15-11-17(7-5-14(15)10-16)21-9-1-8-20-18(12-21)13-2-3-13/h4-7,10-11,13,18,20H,1-3,8-9,12H2. The maximum absolute atomic E-state index is 3.74. The number of hydrogen-bond acceptors (Lipinski definition) is 2. The summed E-state index contributed by atoms with van der Waals surface area (Å²) in [6.07, 6.45) is 4.07. The SMILES string of the molecule is Brc1ccc2cc(N3CCCNC(C4CC4)C3)ccc2c1. The molecule has 1 aliphatic carbocycles. The van der Waals surface area contributed by atoms with Crippen LogP contribution in [0.25, 0.3) is 10.8 Å². The van der Waals surface area contributed by atoms with E-state index >= 15 is 0 Å². The largest absolute Gasteiger partial charge is 0.370 e. The molecule has 0 bridgehead atoms. The summed E-state index contributed by atoms with van der Waals surface area (Å²) < 4.78 is 1.15. The quantitative estimate of drug-likeness (QED) is 0.878. The lowest BCUT2D eigenvalue weighted by atomic mass is 10.1. The Morgan fingerprint density at radius 2 is 1.86 bits per heavy atom. The van der Waals surface area contributed by atoms with E-state index in [1.165, 1.54) is 35.7 Å². The number of nitrogens with one attached hydrogen (secondary N) is 1. The van der Waals surface area contributed by atoms with Gasteiger partial charge in [-0.15, -0.1) is 0 Å². The lowest BCUT2D eigenvalue weighted by Gasteiger charge is -2.27. The second-order valence-electron chi connectivity index (χ2n) is 6.37. The van der Waals surface area contributed by atoms with E-state index in [1.54, 1.807) is 0 Å². The fourth-order valence-corrected chi connectivity index (χ4v) is 3.78. The summed E-state index contributed by atoms with van der Waals surface area (Å²) in [5.41, 5.74) is 1.37. The fraction of sp³-hybridized carbons (Fsp3) is 0.444. The van der Waals surface area contributed by atoms with Crippen molar-refractivity contribution in [1.29, 1.82) is 0 Å². The first-order valence-electron chi connectivity index (χ1n) is 7.97. The van der Waals surface area contributed by atoms with Gasteiger partial charge in [0.25, 0.3) is 0 Å². The highest BCUT2D eigenvalue weighted by molar-refractivity contribution is 9.10. The Morgan fingerprint density at radius 1 is 1.05 bits per heavy atom. The van der Waals surface area contributed by atoms with Gasteiger partial charge in [-0.1, -0.05) is 28.1 Å². The lowest BCUT2D eigenvalue weighted by Crippen LogP contribution is -2.39. The van der Waals surface area contributed by atoms with Gasteiger partial charge in [-0.3, -0.25) is 0 Å². The molecular formula is C18H21BrN2. The van der Waals surface area contributed by atoms with Crippen LogP contribution in [0.4, 0.5) is 5.69 Å². The van der Waals surface area contributed by atoms with E-state index in [4.69, 9.17) is 0 Å². The molecule has 1 saturated carbocycles. The van der Waals surface area contributed by atoms with Gasteiger partial charge in [-0.2, -0.15) is 0 Å². The second-order valence-corrected chi connectivity index (χ2v) is 7.29. The molecule has 21 heavy (non-hydrogen) atoms.